The summed E-state index contributed by atoms with van der Waals surface area (Å²) in [5, 5.41) is 5.81. The molecule has 0 atom stereocenters. The summed E-state index contributed by atoms with van der Waals surface area (Å²) < 4.78 is 50.8. The lowest BCUT2D eigenvalue weighted by molar-refractivity contribution is -0.141. The predicted octanol–water partition coefficient (Wildman–Crippen LogP) is 2.75. The zero-order valence-corrected chi connectivity index (χ0v) is 14.9. The van der Waals surface area contributed by atoms with E-state index in [0.717, 1.165) is 17.8 Å². The molecule has 0 fully saturated rings. The first kappa shape index (κ1) is 20.4. The summed E-state index contributed by atoms with van der Waals surface area (Å²) in [6.45, 7) is 1.20. The van der Waals surface area contributed by atoms with Crippen molar-refractivity contribution in [3.63, 3.8) is 0 Å². The van der Waals surface area contributed by atoms with Gasteiger partial charge in [-0.05, 0) is 23.8 Å². The van der Waals surface area contributed by atoms with Crippen LogP contribution < -0.4 is 10.6 Å². The third-order valence-corrected chi connectivity index (χ3v) is 3.54. The molecule has 6 nitrogen and oxygen atoms in total. The summed E-state index contributed by atoms with van der Waals surface area (Å²) in [5.41, 5.74) is -0.0832. The van der Waals surface area contributed by atoms with Crippen LogP contribution in [0.4, 0.5) is 23.5 Å². The van der Waals surface area contributed by atoms with Gasteiger partial charge in [-0.1, -0.05) is 12.1 Å². The van der Waals surface area contributed by atoms with Gasteiger partial charge in [0.05, 0.1) is 0 Å². The van der Waals surface area contributed by atoms with E-state index in [4.69, 9.17) is 0 Å². The molecule has 2 rings (SSSR count). The molecule has 1 aromatic carbocycles. The van der Waals surface area contributed by atoms with Gasteiger partial charge < -0.3 is 15.5 Å². The Morgan fingerprint density at radius 2 is 1.85 bits per heavy atom. The minimum atomic E-state index is -4.51. The average molecular weight is 384 g/mol. The molecule has 1 heterocycles. The molecule has 0 aliphatic heterocycles. The maximum atomic E-state index is 13.0. The summed E-state index contributed by atoms with van der Waals surface area (Å²) in [4.78, 5) is 13.2. The number of alkyl halides is 3. The zero-order chi connectivity index (χ0) is 19.9. The van der Waals surface area contributed by atoms with Gasteiger partial charge in [-0.15, -0.1) is 0 Å². The number of hydrogen-bond donors (Lipinski definition) is 2. The van der Waals surface area contributed by atoms with Gasteiger partial charge in [0.15, 0.2) is 5.96 Å². The smallest absolute Gasteiger partial charge is 0.354 e. The normalized spacial score (nSPS) is 12.0. The number of anilines is 1. The predicted molar refractivity (Wildman–Crippen MR) is 94.8 cm³/mol. The summed E-state index contributed by atoms with van der Waals surface area (Å²) >= 11 is 0. The van der Waals surface area contributed by atoms with Crippen LogP contribution in [0.5, 0.6) is 0 Å². The lowest BCUT2D eigenvalue weighted by Gasteiger charge is -2.22. The minimum Gasteiger partial charge on any atom is -0.354 e. The van der Waals surface area contributed by atoms with Crippen LogP contribution >= 0.6 is 0 Å². The number of halogens is 4. The molecule has 0 unspecified atom stereocenters. The zero-order valence-electron chi connectivity index (χ0n) is 14.9. The molecule has 0 aliphatic rings. The molecule has 0 saturated carbocycles. The number of nitrogens with zero attached hydrogens (tertiary/aromatic N) is 4. The topological polar surface area (TPSA) is 65.4 Å². The Labute approximate surface area is 154 Å². The summed E-state index contributed by atoms with van der Waals surface area (Å²) in [6.07, 6.45) is -3.45. The Morgan fingerprint density at radius 3 is 2.48 bits per heavy atom. The van der Waals surface area contributed by atoms with Crippen LogP contribution in [-0.4, -0.2) is 48.0 Å². The highest BCUT2D eigenvalue weighted by Crippen LogP contribution is 2.27. The van der Waals surface area contributed by atoms with Gasteiger partial charge in [-0.2, -0.15) is 13.2 Å². The van der Waals surface area contributed by atoms with E-state index in [1.807, 2.05) is 11.9 Å². The van der Waals surface area contributed by atoms with Crippen molar-refractivity contribution in [3.8, 4) is 0 Å². The van der Waals surface area contributed by atoms with E-state index >= 15 is 0 Å². The van der Waals surface area contributed by atoms with E-state index in [0.29, 0.717) is 25.6 Å². The number of aliphatic imine (C=N–C) groups is 1. The fourth-order valence-corrected chi connectivity index (χ4v) is 2.27. The van der Waals surface area contributed by atoms with Crippen LogP contribution in [0.15, 0.2) is 41.5 Å². The number of rotatable bonds is 6. The van der Waals surface area contributed by atoms with E-state index in [9.17, 15) is 17.6 Å². The monoisotopic (exact) mass is 384 g/mol. The van der Waals surface area contributed by atoms with E-state index in [1.165, 1.54) is 12.1 Å². The number of benzene rings is 1. The Balaban J connectivity index is 1.81. The van der Waals surface area contributed by atoms with E-state index in [1.54, 1.807) is 19.2 Å². The van der Waals surface area contributed by atoms with Crippen LogP contribution in [-0.2, 0) is 12.7 Å². The number of guanidine groups is 1. The fourth-order valence-electron chi connectivity index (χ4n) is 2.27. The third kappa shape index (κ3) is 6.39. The molecule has 0 saturated heterocycles. The quantitative estimate of drug-likeness (QED) is 0.347. The summed E-state index contributed by atoms with van der Waals surface area (Å²) in [7, 11) is 3.44. The summed E-state index contributed by atoms with van der Waals surface area (Å²) in [5.74, 6) is 0.194. The second-order valence-electron chi connectivity index (χ2n) is 5.65. The Bertz CT molecular complexity index is 761. The van der Waals surface area contributed by atoms with Crippen LogP contribution in [0.3, 0.4) is 0 Å². The molecule has 10 heteroatoms. The molecule has 1 aromatic heterocycles. The van der Waals surface area contributed by atoms with Crippen molar-refractivity contribution in [2.75, 3.05) is 32.5 Å². The van der Waals surface area contributed by atoms with Gasteiger partial charge in [0.2, 0.25) is 5.95 Å². The average Bonchev–Trinajstić information content (AvgIpc) is 2.63. The van der Waals surface area contributed by atoms with Gasteiger partial charge in [0.1, 0.15) is 11.5 Å². The van der Waals surface area contributed by atoms with Crippen molar-refractivity contribution < 1.29 is 17.6 Å². The SMILES string of the molecule is CN=C(NCCNc1nccc(C(F)(F)F)n1)N(C)Cc1ccc(F)cc1. The second-order valence-corrected chi connectivity index (χ2v) is 5.65. The number of aromatic nitrogens is 2. The second kappa shape index (κ2) is 9.15. The van der Waals surface area contributed by atoms with Crippen molar-refractivity contribution in [2.45, 2.75) is 12.7 Å². The van der Waals surface area contributed by atoms with Crippen molar-refractivity contribution in [1.82, 2.24) is 20.2 Å². The van der Waals surface area contributed by atoms with E-state index in [-0.39, 0.29) is 11.8 Å². The molecular formula is C17H20F4N6. The number of nitrogens with one attached hydrogen (secondary N) is 2. The molecule has 2 aromatic rings. The van der Waals surface area contributed by atoms with Gasteiger partial charge in [-0.3, -0.25) is 4.99 Å². The molecule has 146 valence electrons. The first-order valence-corrected chi connectivity index (χ1v) is 8.10. The highest BCUT2D eigenvalue weighted by Gasteiger charge is 2.32. The first-order chi connectivity index (χ1) is 12.8. The van der Waals surface area contributed by atoms with Crippen LogP contribution in [0.1, 0.15) is 11.3 Å². The fraction of sp³-hybridized carbons (Fsp3) is 0.353. The highest BCUT2D eigenvalue weighted by molar-refractivity contribution is 5.79. The Kier molecular flexibility index (Phi) is 6.91. The first-order valence-electron chi connectivity index (χ1n) is 8.10. The van der Waals surface area contributed by atoms with Crippen LogP contribution in [0.2, 0.25) is 0 Å². The standard InChI is InChI=1S/C17H20F4N6/c1-22-16(27(2)11-12-3-5-13(18)6-4-12)25-10-9-24-15-23-8-7-14(26-15)17(19,20)21/h3-8H,9-11H2,1-2H3,(H,22,25)(H,23,24,26). The summed E-state index contributed by atoms with van der Waals surface area (Å²) in [6, 6.07) is 6.96. The van der Waals surface area contributed by atoms with Crippen LogP contribution in [0.25, 0.3) is 0 Å². The lowest BCUT2D eigenvalue weighted by Crippen LogP contribution is -2.40. The molecule has 0 bridgehead atoms. The van der Waals surface area contributed by atoms with E-state index in [2.05, 4.69) is 25.6 Å². The van der Waals surface area contributed by atoms with Crippen molar-refractivity contribution in [1.29, 1.82) is 0 Å². The van der Waals surface area contributed by atoms with Gasteiger partial charge in [-0.25, -0.2) is 14.4 Å². The van der Waals surface area contributed by atoms with Gasteiger partial charge >= 0.3 is 6.18 Å². The maximum absolute atomic E-state index is 13.0. The molecule has 0 spiro atoms. The minimum absolute atomic E-state index is 0.0960. The largest absolute Gasteiger partial charge is 0.433 e. The van der Waals surface area contributed by atoms with Gasteiger partial charge in [0, 0.05) is 39.9 Å². The Hall–Kier alpha value is -2.91. The third-order valence-electron chi connectivity index (χ3n) is 3.54. The number of hydrogen-bond acceptors (Lipinski definition) is 4. The molecular weight excluding hydrogens is 364 g/mol. The van der Waals surface area contributed by atoms with Crippen molar-refractivity contribution in [3.05, 3.63) is 53.6 Å². The van der Waals surface area contributed by atoms with Crippen molar-refractivity contribution >= 4 is 11.9 Å². The molecule has 2 N–H and O–H groups in total. The Morgan fingerprint density at radius 1 is 1.15 bits per heavy atom. The van der Waals surface area contributed by atoms with Gasteiger partial charge in [0.25, 0.3) is 0 Å². The van der Waals surface area contributed by atoms with Crippen LogP contribution in [0, 0.1) is 5.82 Å². The molecule has 0 amide bonds. The maximum Gasteiger partial charge on any atom is 0.433 e. The molecule has 0 radical (unpaired) electrons. The molecule has 27 heavy (non-hydrogen) atoms. The van der Waals surface area contributed by atoms with Crippen molar-refractivity contribution in [2.24, 2.45) is 4.99 Å². The highest BCUT2D eigenvalue weighted by atomic mass is 19.4. The lowest BCUT2D eigenvalue weighted by atomic mass is 10.2. The van der Waals surface area contributed by atoms with E-state index < -0.39 is 11.9 Å². The molecule has 0 aliphatic carbocycles.